The van der Waals surface area contributed by atoms with Crippen molar-refractivity contribution < 1.29 is 18.3 Å². The smallest absolute Gasteiger partial charge is 0.175 e. The van der Waals surface area contributed by atoms with Crippen molar-refractivity contribution in [1.82, 2.24) is 0 Å². The van der Waals surface area contributed by atoms with Crippen molar-refractivity contribution in [2.75, 3.05) is 6.26 Å². The number of hydrogen-bond donors (Lipinski definition) is 1. The number of fused-ring (bicyclic) bond motifs is 1. The third-order valence-corrected chi connectivity index (χ3v) is 5.12. The first-order chi connectivity index (χ1) is 8.81. The van der Waals surface area contributed by atoms with E-state index in [0.29, 0.717) is 17.7 Å². The molecule has 1 aromatic rings. The second kappa shape index (κ2) is 4.71. The Hall–Kier alpha value is -1.23. The molecule has 0 aromatic heterocycles. The van der Waals surface area contributed by atoms with E-state index in [-0.39, 0.29) is 16.2 Å². The molecule has 4 nitrogen and oxygen atoms in total. The minimum Gasteiger partial charge on any atom is -0.507 e. The van der Waals surface area contributed by atoms with Gasteiger partial charge in [0, 0.05) is 11.8 Å². The standard InChI is InChI=1S/C14H20O4S/c1-4-14(5-2)7-6-11-12(15)8-10(19(3,16)17)9-13(11)18-14/h8-9,15H,4-7H2,1-3H3. The second-order valence-electron chi connectivity index (χ2n) is 5.18. The Morgan fingerprint density at radius 1 is 1.32 bits per heavy atom. The van der Waals surface area contributed by atoms with Crippen LogP contribution in [0.1, 0.15) is 38.7 Å². The van der Waals surface area contributed by atoms with Crippen LogP contribution in [0.5, 0.6) is 11.5 Å². The summed E-state index contributed by atoms with van der Waals surface area (Å²) in [5.41, 5.74) is 0.472. The first-order valence-electron chi connectivity index (χ1n) is 6.56. The molecule has 0 saturated heterocycles. The number of hydrogen-bond acceptors (Lipinski definition) is 4. The highest BCUT2D eigenvalue weighted by Crippen LogP contribution is 2.42. The van der Waals surface area contributed by atoms with E-state index in [4.69, 9.17) is 4.74 Å². The van der Waals surface area contributed by atoms with Crippen LogP contribution in [-0.2, 0) is 16.3 Å². The molecule has 106 valence electrons. The number of aromatic hydroxyl groups is 1. The fourth-order valence-corrected chi connectivity index (χ4v) is 3.19. The van der Waals surface area contributed by atoms with E-state index >= 15 is 0 Å². The molecular weight excluding hydrogens is 264 g/mol. The van der Waals surface area contributed by atoms with Gasteiger partial charge in [-0.1, -0.05) is 13.8 Å². The van der Waals surface area contributed by atoms with Crippen LogP contribution in [-0.4, -0.2) is 25.4 Å². The molecule has 0 saturated carbocycles. The quantitative estimate of drug-likeness (QED) is 0.927. The van der Waals surface area contributed by atoms with Crippen molar-refractivity contribution in [3.8, 4) is 11.5 Å². The topological polar surface area (TPSA) is 63.6 Å². The van der Waals surface area contributed by atoms with Gasteiger partial charge in [0.2, 0.25) is 0 Å². The van der Waals surface area contributed by atoms with Gasteiger partial charge in [0.1, 0.15) is 17.1 Å². The van der Waals surface area contributed by atoms with Crippen LogP contribution in [0.2, 0.25) is 0 Å². The lowest BCUT2D eigenvalue weighted by atomic mass is 9.86. The zero-order chi connectivity index (χ0) is 14.3. The van der Waals surface area contributed by atoms with E-state index in [2.05, 4.69) is 13.8 Å². The Labute approximate surface area is 114 Å². The molecule has 1 aromatic carbocycles. The normalized spacial score (nSPS) is 17.6. The highest BCUT2D eigenvalue weighted by molar-refractivity contribution is 7.90. The number of phenolic OH excluding ortho intramolecular Hbond substituents is 1. The van der Waals surface area contributed by atoms with Gasteiger partial charge in [-0.2, -0.15) is 0 Å². The van der Waals surface area contributed by atoms with Crippen LogP contribution in [0, 0.1) is 0 Å². The molecule has 5 heteroatoms. The summed E-state index contributed by atoms with van der Waals surface area (Å²) >= 11 is 0. The van der Waals surface area contributed by atoms with Crippen LogP contribution < -0.4 is 4.74 Å². The van der Waals surface area contributed by atoms with Gasteiger partial charge in [-0.3, -0.25) is 0 Å². The molecule has 1 heterocycles. The molecule has 0 spiro atoms. The SMILES string of the molecule is CCC1(CC)CCc2c(O)cc(S(C)(=O)=O)cc2O1. The van der Waals surface area contributed by atoms with Crippen molar-refractivity contribution in [2.24, 2.45) is 0 Å². The molecule has 0 bridgehead atoms. The van der Waals surface area contributed by atoms with Crippen LogP contribution >= 0.6 is 0 Å². The third-order valence-electron chi connectivity index (χ3n) is 4.03. The number of ether oxygens (including phenoxy) is 1. The summed E-state index contributed by atoms with van der Waals surface area (Å²) in [4.78, 5) is 0.103. The van der Waals surface area contributed by atoms with E-state index in [9.17, 15) is 13.5 Å². The molecule has 1 aliphatic heterocycles. The predicted octanol–water partition coefficient (Wildman–Crippen LogP) is 2.68. The summed E-state index contributed by atoms with van der Waals surface area (Å²) in [5, 5.41) is 9.97. The average Bonchev–Trinajstić information content (AvgIpc) is 2.36. The van der Waals surface area contributed by atoms with Gasteiger partial charge in [0.05, 0.1) is 4.90 Å². The maximum Gasteiger partial charge on any atom is 0.175 e. The summed E-state index contributed by atoms with van der Waals surface area (Å²) in [5.74, 6) is 0.522. The number of rotatable bonds is 3. The van der Waals surface area contributed by atoms with Crippen LogP contribution in [0.15, 0.2) is 17.0 Å². The largest absolute Gasteiger partial charge is 0.507 e. The molecule has 0 unspecified atom stereocenters. The Balaban J connectivity index is 2.52. The average molecular weight is 284 g/mol. The molecule has 19 heavy (non-hydrogen) atoms. The Morgan fingerprint density at radius 2 is 1.95 bits per heavy atom. The van der Waals surface area contributed by atoms with E-state index in [1.165, 1.54) is 12.1 Å². The van der Waals surface area contributed by atoms with Gasteiger partial charge >= 0.3 is 0 Å². The lowest BCUT2D eigenvalue weighted by molar-refractivity contribution is 0.0373. The summed E-state index contributed by atoms with van der Waals surface area (Å²) in [7, 11) is -3.35. The Morgan fingerprint density at radius 3 is 2.47 bits per heavy atom. The highest BCUT2D eigenvalue weighted by atomic mass is 32.2. The first kappa shape index (κ1) is 14.2. The summed E-state index contributed by atoms with van der Waals surface area (Å²) in [6.45, 7) is 4.13. The van der Waals surface area contributed by atoms with Crippen molar-refractivity contribution in [1.29, 1.82) is 0 Å². The summed E-state index contributed by atoms with van der Waals surface area (Å²) < 4.78 is 29.2. The molecule has 1 N–H and O–H groups in total. The predicted molar refractivity (Wildman–Crippen MR) is 73.5 cm³/mol. The zero-order valence-electron chi connectivity index (χ0n) is 11.6. The van der Waals surface area contributed by atoms with Crippen molar-refractivity contribution in [3.63, 3.8) is 0 Å². The fraction of sp³-hybridized carbons (Fsp3) is 0.571. The van der Waals surface area contributed by atoms with E-state index in [1.54, 1.807) is 0 Å². The van der Waals surface area contributed by atoms with Crippen LogP contribution in [0.3, 0.4) is 0 Å². The van der Waals surface area contributed by atoms with E-state index < -0.39 is 9.84 Å². The fourth-order valence-electron chi connectivity index (χ4n) is 2.55. The minimum absolute atomic E-state index is 0.0127. The molecular formula is C14H20O4S. The van der Waals surface area contributed by atoms with Gasteiger partial charge in [0.25, 0.3) is 0 Å². The van der Waals surface area contributed by atoms with Crippen LogP contribution in [0.4, 0.5) is 0 Å². The lowest BCUT2D eigenvalue weighted by Gasteiger charge is -2.37. The number of phenols is 1. The molecule has 0 atom stereocenters. The van der Waals surface area contributed by atoms with Gasteiger partial charge in [-0.15, -0.1) is 0 Å². The lowest BCUT2D eigenvalue weighted by Crippen LogP contribution is -2.38. The molecule has 1 aliphatic rings. The highest BCUT2D eigenvalue weighted by Gasteiger charge is 2.34. The van der Waals surface area contributed by atoms with Gasteiger partial charge < -0.3 is 9.84 Å². The van der Waals surface area contributed by atoms with Crippen LogP contribution in [0.25, 0.3) is 0 Å². The van der Waals surface area contributed by atoms with E-state index in [1.807, 2.05) is 0 Å². The molecule has 2 rings (SSSR count). The summed E-state index contributed by atoms with van der Waals surface area (Å²) in [6.07, 6.45) is 4.43. The Kier molecular flexibility index (Phi) is 3.51. The van der Waals surface area contributed by atoms with E-state index in [0.717, 1.165) is 25.5 Å². The van der Waals surface area contributed by atoms with Gasteiger partial charge in [-0.05, 0) is 37.8 Å². The molecule has 0 aliphatic carbocycles. The zero-order valence-corrected chi connectivity index (χ0v) is 12.4. The number of benzene rings is 1. The number of sulfone groups is 1. The minimum atomic E-state index is -3.35. The van der Waals surface area contributed by atoms with Gasteiger partial charge in [-0.25, -0.2) is 8.42 Å². The van der Waals surface area contributed by atoms with Crippen molar-refractivity contribution in [2.45, 2.75) is 50.0 Å². The van der Waals surface area contributed by atoms with Crippen molar-refractivity contribution in [3.05, 3.63) is 17.7 Å². The molecule has 0 radical (unpaired) electrons. The second-order valence-corrected chi connectivity index (χ2v) is 7.20. The third kappa shape index (κ3) is 2.56. The molecule has 0 amide bonds. The van der Waals surface area contributed by atoms with Gasteiger partial charge in [0.15, 0.2) is 9.84 Å². The summed E-state index contributed by atoms with van der Waals surface area (Å²) in [6, 6.07) is 2.84. The molecule has 0 fully saturated rings. The first-order valence-corrected chi connectivity index (χ1v) is 8.45. The monoisotopic (exact) mass is 284 g/mol. The maximum atomic E-state index is 11.6. The Bertz CT molecular complexity index is 586. The van der Waals surface area contributed by atoms with Crippen molar-refractivity contribution >= 4 is 9.84 Å². The maximum absolute atomic E-state index is 11.6.